The van der Waals surface area contributed by atoms with Crippen molar-refractivity contribution in [2.75, 3.05) is 4.93 Å². The van der Waals surface area contributed by atoms with Gasteiger partial charge >= 0.3 is 75.5 Å². The molecule has 58 valence electrons. The molecule has 9 heavy (non-hydrogen) atoms. The normalized spacial score (nSPS) is 33.6. The molecule has 1 heterocycles. The van der Waals surface area contributed by atoms with Crippen molar-refractivity contribution in [2.24, 2.45) is 0 Å². The fraction of sp³-hybridized carbons (Fsp3) is 1.00. The van der Waals surface area contributed by atoms with E-state index in [4.69, 9.17) is 8.17 Å². The fourth-order valence-electron chi connectivity index (χ4n) is 0.247. The van der Waals surface area contributed by atoms with Crippen LogP contribution in [0.15, 0.2) is 0 Å². The fourth-order valence-corrected chi connectivity index (χ4v) is 2.89. The number of alkyl halides is 1. The zero-order chi connectivity index (χ0) is 6.69. The van der Waals surface area contributed by atoms with Crippen LogP contribution in [0.4, 0.5) is 0 Å². The van der Waals surface area contributed by atoms with Gasteiger partial charge in [-0.2, -0.15) is 0 Å². The van der Waals surface area contributed by atoms with Crippen molar-refractivity contribution in [2.45, 2.75) is 12.6 Å². The van der Waals surface area contributed by atoms with Crippen molar-refractivity contribution in [3.05, 3.63) is 0 Å². The topological polar surface area (TPSA) is 54.0 Å². The summed E-state index contributed by atoms with van der Waals surface area (Å²) in [6.45, 7) is 0. The van der Waals surface area contributed by atoms with Crippen LogP contribution < -0.4 is 45.1 Å². The van der Waals surface area contributed by atoms with Gasteiger partial charge in [0.15, 0.2) is 0 Å². The van der Waals surface area contributed by atoms with E-state index in [-0.39, 0.29) is 49.7 Å². The Bertz CT molecular complexity index is 93.1. The van der Waals surface area contributed by atoms with Crippen molar-refractivity contribution in [3.63, 3.8) is 0 Å². The van der Waals surface area contributed by atoms with Gasteiger partial charge in [0.05, 0.1) is 0 Å². The molecule has 2 atom stereocenters. The summed E-state index contributed by atoms with van der Waals surface area (Å²) < 4.78 is 12.8. The summed E-state index contributed by atoms with van der Waals surface area (Å²) in [5.74, 6) is 0. The molecule has 2 N–H and O–H groups in total. The number of rotatable bonds is 4. The Balaban J connectivity index is 1.83. The molecule has 0 radical (unpaired) electrons. The van der Waals surface area contributed by atoms with Crippen LogP contribution in [0.25, 0.3) is 0 Å². The van der Waals surface area contributed by atoms with Crippen molar-refractivity contribution in [1.82, 2.24) is 1.74 Å². The van der Waals surface area contributed by atoms with Gasteiger partial charge in [-0.3, -0.25) is 0 Å². The second kappa shape index (κ2) is 4.23. The predicted molar refractivity (Wildman–Crippen MR) is 21.0 cm³/mol. The number of epoxide rings is 1. The van der Waals surface area contributed by atoms with Crippen LogP contribution in [-0.4, -0.2) is 22.6 Å². The molecular formula is C3H7I2NO3-2. The Morgan fingerprint density at radius 3 is 2.89 bits per heavy atom. The number of nitrogens with one attached hydrogen (secondary N) is 1. The average molecular weight is 359 g/mol. The molecule has 2 unspecified atom stereocenters. The summed E-state index contributed by atoms with van der Waals surface area (Å²) in [6, 6.07) is 0. The third-order valence-corrected chi connectivity index (χ3v) is 5.84. The van der Waals surface area contributed by atoms with E-state index in [1.54, 1.807) is 0 Å². The molecule has 0 amide bonds. The van der Waals surface area contributed by atoms with Crippen LogP contribution in [0, 0.1) is 0 Å². The van der Waals surface area contributed by atoms with Crippen molar-refractivity contribution in [3.8, 4) is 0 Å². The number of aliphatic hydroxyl groups is 1. The number of ether oxygens (including phenoxy) is 1. The number of halogens is 2. The van der Waals surface area contributed by atoms with Gasteiger partial charge < -0.3 is 0 Å². The number of aliphatic hydroxyl groups excluding tert-OH is 1. The molecular weight excluding hydrogens is 352 g/mol. The van der Waals surface area contributed by atoms with Crippen LogP contribution in [-0.2, 0) is 7.80 Å². The molecule has 0 spiro atoms. The van der Waals surface area contributed by atoms with E-state index >= 15 is 0 Å². The summed E-state index contributed by atoms with van der Waals surface area (Å²) in [7, 11) is 0. The standard InChI is InChI=1S/C3H7I2NO3/c1-4-6-5-9-3-2(7)8-3/h2-3,6-7H,1H3/q-2. The van der Waals surface area contributed by atoms with Crippen LogP contribution in [0.5, 0.6) is 0 Å². The Hall–Kier alpha value is 1.30. The molecule has 0 aromatic heterocycles. The van der Waals surface area contributed by atoms with Crippen LogP contribution in [0.1, 0.15) is 0 Å². The maximum atomic E-state index is 8.58. The van der Waals surface area contributed by atoms with Crippen LogP contribution >= 0.6 is 0 Å². The first-order chi connectivity index (χ1) is 4.34. The van der Waals surface area contributed by atoms with Crippen molar-refractivity contribution >= 4 is 0 Å². The van der Waals surface area contributed by atoms with Gasteiger partial charge in [0, 0.05) is 0 Å². The van der Waals surface area contributed by atoms with Crippen molar-refractivity contribution in [1.29, 1.82) is 0 Å². The van der Waals surface area contributed by atoms with Crippen LogP contribution in [0.2, 0.25) is 0 Å². The molecule has 1 fully saturated rings. The van der Waals surface area contributed by atoms with E-state index in [0.717, 1.165) is 0 Å². The predicted octanol–water partition coefficient (Wildman–Crippen LogP) is -7.18. The Kier molecular flexibility index (Phi) is 3.95. The molecule has 6 heteroatoms. The van der Waals surface area contributed by atoms with E-state index in [1.165, 1.54) is 0 Å². The molecule has 4 nitrogen and oxygen atoms in total. The summed E-state index contributed by atoms with van der Waals surface area (Å²) in [5, 5.41) is 8.58. The first-order valence-electron chi connectivity index (χ1n) is 2.21. The monoisotopic (exact) mass is 359 g/mol. The van der Waals surface area contributed by atoms with Gasteiger partial charge in [0.2, 0.25) is 0 Å². The first kappa shape index (κ1) is 8.40. The van der Waals surface area contributed by atoms with Gasteiger partial charge in [-0.25, -0.2) is 0 Å². The van der Waals surface area contributed by atoms with Gasteiger partial charge in [-0.15, -0.1) is 0 Å². The molecule has 0 aliphatic carbocycles. The Labute approximate surface area is 75.1 Å². The molecule has 0 aromatic carbocycles. The number of hydrogen-bond donors (Lipinski definition) is 2. The molecule has 1 saturated heterocycles. The van der Waals surface area contributed by atoms with Gasteiger partial charge in [-0.1, -0.05) is 0 Å². The summed E-state index contributed by atoms with van der Waals surface area (Å²) >= 11 is -0.241. The van der Waals surface area contributed by atoms with Crippen molar-refractivity contribution < 1.29 is 56.3 Å². The summed E-state index contributed by atoms with van der Waals surface area (Å²) in [6.07, 6.45) is -0.970. The van der Waals surface area contributed by atoms with Gasteiger partial charge in [-0.05, 0) is 0 Å². The number of hydrogen-bond acceptors (Lipinski definition) is 4. The quantitative estimate of drug-likeness (QED) is 0.172. The van der Waals surface area contributed by atoms with E-state index < -0.39 is 6.29 Å². The Morgan fingerprint density at radius 2 is 2.44 bits per heavy atom. The van der Waals surface area contributed by atoms with Crippen LogP contribution in [0.3, 0.4) is 0 Å². The Morgan fingerprint density at radius 1 is 1.78 bits per heavy atom. The van der Waals surface area contributed by atoms with E-state index in [0.29, 0.717) is 0 Å². The molecule has 1 aliphatic heterocycles. The molecule has 0 aromatic rings. The third kappa shape index (κ3) is 3.28. The first-order valence-corrected chi connectivity index (χ1v) is 7.40. The second-order valence-corrected chi connectivity index (χ2v) is 6.49. The van der Waals surface area contributed by atoms with E-state index in [1.807, 2.05) is 0 Å². The SMILES string of the molecule is C[I-]N[I-]OC1OC1O. The zero-order valence-electron chi connectivity index (χ0n) is 4.67. The van der Waals surface area contributed by atoms with Gasteiger partial charge in [0.1, 0.15) is 0 Å². The minimum absolute atomic E-state index is 0.125. The maximum absolute atomic E-state index is 8.58. The second-order valence-electron chi connectivity index (χ2n) is 1.32. The third-order valence-electron chi connectivity index (χ3n) is 0.663. The molecule has 1 rings (SSSR count). The minimum atomic E-state index is -0.651. The molecule has 0 bridgehead atoms. The molecule has 0 saturated carbocycles. The zero-order valence-corrected chi connectivity index (χ0v) is 8.99. The van der Waals surface area contributed by atoms with Gasteiger partial charge in [0.25, 0.3) is 0 Å². The van der Waals surface area contributed by atoms with E-state index in [9.17, 15) is 0 Å². The summed E-state index contributed by atoms with van der Waals surface area (Å²) in [5.41, 5.74) is 0. The summed E-state index contributed by atoms with van der Waals surface area (Å²) in [4.78, 5) is 2.12. The molecule has 1 aliphatic rings. The average Bonchev–Trinajstić information content (AvgIpc) is 2.48. The van der Waals surface area contributed by atoms with E-state index in [2.05, 4.69) is 11.4 Å².